The Kier molecular flexibility index (Phi) is 2.35. The summed E-state index contributed by atoms with van der Waals surface area (Å²) in [5.74, 6) is -0.423. The zero-order valence-electron chi connectivity index (χ0n) is 7.15. The van der Waals surface area contributed by atoms with Gasteiger partial charge in [-0.1, -0.05) is 11.6 Å². The normalized spacial score (nSPS) is 10.4. The van der Waals surface area contributed by atoms with Gasteiger partial charge in [0.2, 0.25) is 0 Å². The summed E-state index contributed by atoms with van der Waals surface area (Å²) in [6.07, 6.45) is 1.36. The van der Waals surface area contributed by atoms with E-state index in [4.69, 9.17) is 11.6 Å². The van der Waals surface area contributed by atoms with Crippen LogP contribution in [0.1, 0.15) is 10.4 Å². The third-order valence-corrected chi connectivity index (χ3v) is 2.90. The summed E-state index contributed by atoms with van der Waals surface area (Å²) in [5, 5.41) is 2.50. The molecule has 72 valence electrons. The summed E-state index contributed by atoms with van der Waals surface area (Å²) < 4.78 is 4.61. The first kappa shape index (κ1) is 9.36. The van der Waals surface area contributed by atoms with Crippen molar-refractivity contribution in [3.05, 3.63) is 22.4 Å². The van der Waals surface area contributed by atoms with Crippen LogP contribution in [0, 0.1) is 0 Å². The molecule has 0 saturated heterocycles. The Bertz CT molecular complexity index is 497. The molecule has 0 aliphatic carbocycles. The number of carbonyl (C=O) groups is 1. The topological polar surface area (TPSA) is 52.1 Å². The summed E-state index contributed by atoms with van der Waals surface area (Å²) in [5.41, 5.74) is 0.415. The fraction of sp³-hybridized carbons (Fsp3) is 0.125. The van der Waals surface area contributed by atoms with Crippen molar-refractivity contribution in [2.75, 3.05) is 7.11 Å². The van der Waals surface area contributed by atoms with Gasteiger partial charge in [0.05, 0.1) is 18.1 Å². The highest BCUT2D eigenvalue weighted by Gasteiger charge is 2.16. The zero-order valence-corrected chi connectivity index (χ0v) is 8.72. The summed E-state index contributed by atoms with van der Waals surface area (Å²) >= 11 is 7.19. The van der Waals surface area contributed by atoms with Crippen LogP contribution in [0.2, 0.25) is 5.15 Å². The number of carbonyl (C=O) groups excluding carboxylic acids is 1. The van der Waals surface area contributed by atoms with Crippen LogP contribution in [0.3, 0.4) is 0 Å². The maximum Gasteiger partial charge on any atom is 0.339 e. The highest BCUT2D eigenvalue weighted by Crippen LogP contribution is 2.29. The molecule has 4 nitrogen and oxygen atoms in total. The lowest BCUT2D eigenvalue weighted by molar-refractivity contribution is 0.0603. The Morgan fingerprint density at radius 1 is 1.57 bits per heavy atom. The largest absolute Gasteiger partial charge is 0.465 e. The lowest BCUT2D eigenvalue weighted by atomic mass is 10.2. The summed E-state index contributed by atoms with van der Waals surface area (Å²) in [6.45, 7) is 0. The first-order chi connectivity index (χ1) is 6.74. The van der Waals surface area contributed by atoms with Gasteiger partial charge in [-0.05, 0) is 0 Å². The molecular formula is C8H5ClN2O2S. The first-order valence-electron chi connectivity index (χ1n) is 3.70. The van der Waals surface area contributed by atoms with Crippen LogP contribution < -0.4 is 0 Å². The molecule has 0 radical (unpaired) electrons. The molecule has 0 amide bonds. The quantitative estimate of drug-likeness (QED) is 0.554. The molecule has 0 aliphatic heterocycles. The molecule has 0 unspecified atom stereocenters. The zero-order chi connectivity index (χ0) is 10.1. The van der Waals surface area contributed by atoms with Gasteiger partial charge in [-0.2, -0.15) is 0 Å². The van der Waals surface area contributed by atoms with Gasteiger partial charge in [0.15, 0.2) is 0 Å². The standard InChI is InChI=1S/C8H5ClN2O2S/c1-13-8(12)4-2-14-7-5(4)6(9)10-3-11-7/h2-3H,1H3. The molecule has 2 heterocycles. The van der Waals surface area contributed by atoms with Crippen molar-refractivity contribution in [2.45, 2.75) is 0 Å². The third kappa shape index (κ3) is 1.34. The Hall–Kier alpha value is -1.20. The Labute approximate surface area is 88.5 Å². The second-order valence-corrected chi connectivity index (χ2v) is 3.70. The van der Waals surface area contributed by atoms with E-state index in [9.17, 15) is 4.79 Å². The van der Waals surface area contributed by atoms with E-state index in [-0.39, 0.29) is 5.15 Å². The fourth-order valence-electron chi connectivity index (χ4n) is 1.10. The van der Waals surface area contributed by atoms with Gasteiger partial charge in [0, 0.05) is 5.38 Å². The van der Waals surface area contributed by atoms with Crippen LogP contribution >= 0.6 is 22.9 Å². The minimum Gasteiger partial charge on any atom is -0.465 e. The number of aromatic nitrogens is 2. The number of hydrogen-bond donors (Lipinski definition) is 0. The van der Waals surface area contributed by atoms with E-state index >= 15 is 0 Å². The van der Waals surface area contributed by atoms with E-state index in [1.165, 1.54) is 24.8 Å². The number of halogens is 1. The van der Waals surface area contributed by atoms with Crippen LogP contribution in [0.25, 0.3) is 10.2 Å². The predicted octanol–water partition coefficient (Wildman–Crippen LogP) is 2.13. The Morgan fingerprint density at radius 2 is 2.36 bits per heavy atom. The van der Waals surface area contributed by atoms with Crippen molar-refractivity contribution in [3.8, 4) is 0 Å². The second-order valence-electron chi connectivity index (χ2n) is 2.49. The summed E-state index contributed by atoms with van der Waals surface area (Å²) in [7, 11) is 1.32. The van der Waals surface area contributed by atoms with Gasteiger partial charge in [0.25, 0.3) is 0 Å². The van der Waals surface area contributed by atoms with Gasteiger partial charge >= 0.3 is 5.97 Å². The van der Waals surface area contributed by atoms with E-state index in [1.54, 1.807) is 5.38 Å². The molecule has 0 spiro atoms. The van der Waals surface area contributed by atoms with Crippen molar-refractivity contribution < 1.29 is 9.53 Å². The maximum atomic E-state index is 11.3. The molecule has 6 heteroatoms. The molecule has 2 aromatic rings. The summed E-state index contributed by atoms with van der Waals surface area (Å²) in [6, 6.07) is 0. The molecule has 0 N–H and O–H groups in total. The highest BCUT2D eigenvalue weighted by atomic mass is 35.5. The van der Waals surface area contributed by atoms with Crippen molar-refractivity contribution in [1.82, 2.24) is 9.97 Å². The van der Waals surface area contributed by atoms with E-state index in [1.807, 2.05) is 0 Å². The number of hydrogen-bond acceptors (Lipinski definition) is 5. The Balaban J connectivity index is 2.73. The fourth-order valence-corrected chi connectivity index (χ4v) is 2.27. The number of esters is 1. The minimum absolute atomic E-state index is 0.275. The molecule has 0 atom stereocenters. The molecular weight excluding hydrogens is 224 g/mol. The number of rotatable bonds is 1. The van der Waals surface area contributed by atoms with Gasteiger partial charge in [-0.25, -0.2) is 14.8 Å². The number of fused-ring (bicyclic) bond motifs is 1. The predicted molar refractivity (Wildman–Crippen MR) is 53.8 cm³/mol. The van der Waals surface area contributed by atoms with Crippen molar-refractivity contribution in [3.63, 3.8) is 0 Å². The average Bonchev–Trinajstić information content (AvgIpc) is 2.62. The van der Waals surface area contributed by atoms with Crippen LogP contribution in [-0.4, -0.2) is 23.0 Å². The number of thiophene rings is 1. The smallest absolute Gasteiger partial charge is 0.339 e. The Morgan fingerprint density at radius 3 is 3.07 bits per heavy atom. The SMILES string of the molecule is COC(=O)c1csc2ncnc(Cl)c12. The van der Waals surface area contributed by atoms with E-state index in [0.29, 0.717) is 15.8 Å². The maximum absolute atomic E-state index is 11.3. The molecule has 2 aromatic heterocycles. The summed E-state index contributed by atoms with van der Waals surface area (Å²) in [4.78, 5) is 19.8. The monoisotopic (exact) mass is 228 g/mol. The second kappa shape index (κ2) is 3.51. The number of methoxy groups -OCH3 is 1. The lowest BCUT2D eigenvalue weighted by Gasteiger charge is -1.97. The van der Waals surface area contributed by atoms with E-state index in [0.717, 1.165) is 0 Å². The van der Waals surface area contributed by atoms with Gasteiger partial charge < -0.3 is 4.74 Å². The minimum atomic E-state index is -0.423. The van der Waals surface area contributed by atoms with Crippen LogP contribution in [0.5, 0.6) is 0 Å². The number of ether oxygens (including phenoxy) is 1. The van der Waals surface area contributed by atoms with Crippen LogP contribution in [0.4, 0.5) is 0 Å². The first-order valence-corrected chi connectivity index (χ1v) is 4.96. The lowest BCUT2D eigenvalue weighted by Crippen LogP contribution is -2.00. The third-order valence-electron chi connectivity index (χ3n) is 1.73. The van der Waals surface area contributed by atoms with Gasteiger partial charge in [-0.3, -0.25) is 0 Å². The van der Waals surface area contributed by atoms with E-state index < -0.39 is 5.97 Å². The van der Waals surface area contributed by atoms with Crippen LogP contribution in [-0.2, 0) is 4.74 Å². The molecule has 14 heavy (non-hydrogen) atoms. The van der Waals surface area contributed by atoms with Crippen molar-refractivity contribution in [1.29, 1.82) is 0 Å². The highest BCUT2D eigenvalue weighted by molar-refractivity contribution is 7.17. The average molecular weight is 229 g/mol. The van der Waals surface area contributed by atoms with Crippen molar-refractivity contribution in [2.24, 2.45) is 0 Å². The molecule has 0 fully saturated rings. The molecule has 2 rings (SSSR count). The molecule has 0 aliphatic rings. The molecule has 0 saturated carbocycles. The molecule has 0 bridgehead atoms. The van der Waals surface area contributed by atoms with E-state index in [2.05, 4.69) is 14.7 Å². The molecule has 0 aromatic carbocycles. The number of nitrogens with zero attached hydrogens (tertiary/aromatic N) is 2. The van der Waals surface area contributed by atoms with Crippen LogP contribution in [0.15, 0.2) is 11.7 Å². The van der Waals surface area contributed by atoms with Gasteiger partial charge in [0.1, 0.15) is 16.3 Å². The van der Waals surface area contributed by atoms with Gasteiger partial charge in [-0.15, -0.1) is 11.3 Å². The van der Waals surface area contributed by atoms with Crippen molar-refractivity contribution >= 4 is 39.1 Å².